The molecule has 4 rings (SSSR count). The molecule has 160 valence electrons. The van der Waals surface area contributed by atoms with Crippen molar-refractivity contribution in [2.24, 2.45) is 28.7 Å². The summed E-state index contributed by atoms with van der Waals surface area (Å²) in [6, 6.07) is 4.00. The van der Waals surface area contributed by atoms with E-state index in [1.807, 2.05) is 31.1 Å². The Morgan fingerprint density at radius 1 is 1.20 bits per heavy atom. The van der Waals surface area contributed by atoms with Gasteiger partial charge in [-0.05, 0) is 42.4 Å². The summed E-state index contributed by atoms with van der Waals surface area (Å²) in [5.41, 5.74) is 1.11. The number of rotatable bonds is 7. The summed E-state index contributed by atoms with van der Waals surface area (Å²) in [6.45, 7) is 1.73. The van der Waals surface area contributed by atoms with Crippen LogP contribution in [0.25, 0.3) is 0 Å². The maximum atomic E-state index is 12.7. The minimum atomic E-state index is -0.109. The lowest BCUT2D eigenvalue weighted by Gasteiger charge is -2.18. The Morgan fingerprint density at radius 3 is 2.53 bits per heavy atom. The van der Waals surface area contributed by atoms with Gasteiger partial charge < -0.3 is 15.5 Å². The molecule has 3 aliphatic rings. The van der Waals surface area contributed by atoms with Crippen LogP contribution >= 0.6 is 0 Å². The number of allylic oxidation sites excluding steroid dienone is 2. The Balaban J connectivity index is 1.22. The van der Waals surface area contributed by atoms with Gasteiger partial charge in [0.25, 0.3) is 0 Å². The Hall–Kier alpha value is -2.90. The first-order valence-corrected chi connectivity index (χ1v) is 10.6. The van der Waals surface area contributed by atoms with E-state index in [2.05, 4.69) is 32.8 Å². The molecule has 1 saturated heterocycles. The zero-order chi connectivity index (χ0) is 21.3. The Morgan fingerprint density at radius 2 is 1.90 bits per heavy atom. The number of likely N-dealkylation sites (tertiary alicyclic amines) is 1. The first kappa shape index (κ1) is 20.4. The highest BCUT2D eigenvalue weighted by Gasteiger charge is 2.58. The average molecular weight is 411 g/mol. The van der Waals surface area contributed by atoms with Crippen molar-refractivity contribution in [3.8, 4) is 0 Å². The molecule has 4 atom stereocenters. The first-order chi connectivity index (χ1) is 14.5. The van der Waals surface area contributed by atoms with Gasteiger partial charge in [0.2, 0.25) is 11.8 Å². The van der Waals surface area contributed by atoms with Gasteiger partial charge in [0, 0.05) is 47.0 Å². The third-order valence-corrected chi connectivity index (χ3v) is 6.36. The standard InChI is InChI=1S/C22H30N6O2/c1-23-22(26-13-14-7-9-24-17(11-14)27(2)3)25-8-4-10-28-20(29)18-15-5-6-16(12-15)19(18)21(28)30/h5-7,9,11,15-16,18-19H,4,8,10,12-13H2,1-3H3,(H2,23,25,26). The minimum Gasteiger partial charge on any atom is -0.363 e. The van der Waals surface area contributed by atoms with Crippen molar-refractivity contribution in [2.45, 2.75) is 19.4 Å². The van der Waals surface area contributed by atoms with E-state index >= 15 is 0 Å². The molecular weight excluding hydrogens is 380 g/mol. The van der Waals surface area contributed by atoms with Crippen molar-refractivity contribution < 1.29 is 9.59 Å². The van der Waals surface area contributed by atoms with Crippen molar-refractivity contribution >= 4 is 23.6 Å². The third-order valence-electron chi connectivity index (χ3n) is 6.36. The summed E-state index contributed by atoms with van der Waals surface area (Å²) in [5.74, 6) is 1.97. The van der Waals surface area contributed by atoms with Crippen LogP contribution in [0.15, 0.2) is 35.5 Å². The molecule has 2 bridgehead atoms. The van der Waals surface area contributed by atoms with E-state index in [1.165, 1.54) is 4.90 Å². The Labute approximate surface area is 177 Å². The maximum absolute atomic E-state index is 12.7. The van der Waals surface area contributed by atoms with Gasteiger partial charge in [-0.25, -0.2) is 4.98 Å². The number of amides is 2. The smallest absolute Gasteiger partial charge is 0.233 e. The molecule has 0 spiro atoms. The van der Waals surface area contributed by atoms with Gasteiger partial charge in [-0.3, -0.25) is 19.5 Å². The summed E-state index contributed by atoms with van der Waals surface area (Å²) in [5, 5.41) is 6.55. The summed E-state index contributed by atoms with van der Waals surface area (Å²) < 4.78 is 0. The summed E-state index contributed by atoms with van der Waals surface area (Å²) in [6.07, 6.45) is 7.71. The fourth-order valence-corrected chi connectivity index (χ4v) is 4.85. The minimum absolute atomic E-state index is 0.0266. The molecule has 2 heterocycles. The predicted molar refractivity (Wildman–Crippen MR) is 116 cm³/mol. The molecule has 30 heavy (non-hydrogen) atoms. The SMILES string of the molecule is CN=C(NCCCN1C(=O)C2C3C=CC(C3)C2C1=O)NCc1ccnc(N(C)C)c1. The van der Waals surface area contributed by atoms with Crippen LogP contribution in [0.3, 0.4) is 0 Å². The van der Waals surface area contributed by atoms with E-state index in [9.17, 15) is 9.59 Å². The monoisotopic (exact) mass is 410 g/mol. The van der Waals surface area contributed by atoms with Crippen LogP contribution < -0.4 is 15.5 Å². The molecule has 8 nitrogen and oxygen atoms in total. The van der Waals surface area contributed by atoms with Crippen LogP contribution in [-0.4, -0.2) is 61.9 Å². The molecule has 1 aromatic heterocycles. The molecule has 8 heteroatoms. The number of aliphatic imine (C=N–C) groups is 1. The lowest BCUT2D eigenvalue weighted by atomic mass is 9.85. The highest BCUT2D eigenvalue weighted by molar-refractivity contribution is 6.06. The Kier molecular flexibility index (Phi) is 5.74. The molecule has 0 radical (unpaired) electrons. The number of carbonyl (C=O) groups excluding carboxylic acids is 2. The zero-order valence-electron chi connectivity index (χ0n) is 17.8. The van der Waals surface area contributed by atoms with E-state index < -0.39 is 0 Å². The highest BCUT2D eigenvalue weighted by Crippen LogP contribution is 2.52. The predicted octanol–water partition coefficient (Wildman–Crippen LogP) is 1.01. The van der Waals surface area contributed by atoms with Crippen LogP contribution in [0.2, 0.25) is 0 Å². The van der Waals surface area contributed by atoms with E-state index in [1.54, 1.807) is 13.2 Å². The second-order valence-corrected chi connectivity index (χ2v) is 8.45. The van der Waals surface area contributed by atoms with Gasteiger partial charge in [-0.15, -0.1) is 0 Å². The molecule has 4 unspecified atom stereocenters. The number of fused-ring (bicyclic) bond motifs is 5. The van der Waals surface area contributed by atoms with Gasteiger partial charge in [0.1, 0.15) is 5.82 Å². The van der Waals surface area contributed by atoms with Crippen LogP contribution in [0.5, 0.6) is 0 Å². The fourth-order valence-electron chi connectivity index (χ4n) is 4.85. The Bertz CT molecular complexity index is 850. The average Bonchev–Trinajstić information content (AvgIpc) is 3.42. The van der Waals surface area contributed by atoms with Gasteiger partial charge >= 0.3 is 0 Å². The number of guanidine groups is 1. The topological polar surface area (TPSA) is 89.9 Å². The molecule has 2 fully saturated rings. The van der Waals surface area contributed by atoms with Crippen molar-refractivity contribution in [2.75, 3.05) is 39.1 Å². The van der Waals surface area contributed by atoms with Crippen LogP contribution in [0, 0.1) is 23.7 Å². The molecule has 2 aliphatic carbocycles. The second-order valence-electron chi connectivity index (χ2n) is 8.45. The van der Waals surface area contributed by atoms with E-state index in [0.29, 0.717) is 32.0 Å². The number of nitrogens with one attached hydrogen (secondary N) is 2. The summed E-state index contributed by atoms with van der Waals surface area (Å²) in [7, 11) is 5.65. The summed E-state index contributed by atoms with van der Waals surface area (Å²) in [4.78, 5) is 37.4. The van der Waals surface area contributed by atoms with E-state index in [-0.39, 0.29) is 35.5 Å². The molecule has 1 aromatic rings. The quantitative estimate of drug-likeness (QED) is 0.229. The van der Waals surface area contributed by atoms with Crippen molar-refractivity contribution in [1.82, 2.24) is 20.5 Å². The molecule has 1 aliphatic heterocycles. The van der Waals surface area contributed by atoms with Crippen LogP contribution in [0.1, 0.15) is 18.4 Å². The molecule has 2 N–H and O–H groups in total. The number of pyridine rings is 1. The fraction of sp³-hybridized carbons (Fsp3) is 0.545. The normalized spacial score (nSPS) is 27.0. The third kappa shape index (κ3) is 3.78. The number of aromatic nitrogens is 1. The summed E-state index contributed by atoms with van der Waals surface area (Å²) >= 11 is 0. The number of carbonyl (C=O) groups is 2. The van der Waals surface area contributed by atoms with Gasteiger partial charge in [0.05, 0.1) is 11.8 Å². The molecule has 0 aromatic carbocycles. The van der Waals surface area contributed by atoms with E-state index in [4.69, 9.17) is 0 Å². The van der Waals surface area contributed by atoms with Gasteiger partial charge in [-0.2, -0.15) is 0 Å². The molecular formula is C22H30N6O2. The van der Waals surface area contributed by atoms with Crippen LogP contribution in [0.4, 0.5) is 5.82 Å². The maximum Gasteiger partial charge on any atom is 0.233 e. The second kappa shape index (κ2) is 8.45. The zero-order valence-corrected chi connectivity index (χ0v) is 17.8. The van der Waals surface area contributed by atoms with Gasteiger partial charge in [-0.1, -0.05) is 12.2 Å². The van der Waals surface area contributed by atoms with Gasteiger partial charge in [0.15, 0.2) is 5.96 Å². The van der Waals surface area contributed by atoms with Crippen LogP contribution in [-0.2, 0) is 16.1 Å². The highest BCUT2D eigenvalue weighted by atomic mass is 16.2. The first-order valence-electron chi connectivity index (χ1n) is 10.6. The van der Waals surface area contributed by atoms with E-state index in [0.717, 1.165) is 17.8 Å². The number of hydrogen-bond acceptors (Lipinski definition) is 5. The molecule has 1 saturated carbocycles. The molecule has 2 amide bonds. The van der Waals surface area contributed by atoms with Crippen molar-refractivity contribution in [3.63, 3.8) is 0 Å². The number of nitrogens with zero attached hydrogens (tertiary/aromatic N) is 4. The number of imide groups is 1. The number of hydrogen-bond donors (Lipinski definition) is 2. The lowest BCUT2D eigenvalue weighted by Crippen LogP contribution is -2.39. The lowest BCUT2D eigenvalue weighted by molar-refractivity contribution is -0.140. The largest absolute Gasteiger partial charge is 0.363 e. The van der Waals surface area contributed by atoms with Crippen molar-refractivity contribution in [3.05, 3.63) is 36.0 Å². The van der Waals surface area contributed by atoms with Crippen molar-refractivity contribution in [1.29, 1.82) is 0 Å². The number of anilines is 1.